The molecule has 0 spiro atoms. The van der Waals surface area contributed by atoms with Gasteiger partial charge >= 0.3 is 0 Å². The molecule has 1 fully saturated rings. The Balaban J connectivity index is 2.03. The molecule has 0 saturated carbocycles. The molecule has 1 unspecified atom stereocenters. The SMILES string of the molecule is CCOc1ccc(C(O)=C2C(=O)C(=O)N(CCCOC(C)C)C2c2ccc(C)cc2)cc1Cl. The molecule has 1 heterocycles. The van der Waals surface area contributed by atoms with E-state index in [1.165, 1.54) is 11.0 Å². The molecular formula is C26H30ClNO5. The molecule has 3 rings (SSSR count). The van der Waals surface area contributed by atoms with Crippen molar-refractivity contribution in [3.8, 4) is 5.75 Å². The van der Waals surface area contributed by atoms with Crippen molar-refractivity contribution in [2.45, 2.75) is 46.3 Å². The van der Waals surface area contributed by atoms with E-state index in [-0.39, 0.29) is 17.4 Å². The fraction of sp³-hybridized carbons (Fsp3) is 0.385. The Labute approximate surface area is 199 Å². The van der Waals surface area contributed by atoms with Gasteiger partial charge in [-0.05, 0) is 57.9 Å². The van der Waals surface area contributed by atoms with Crippen LogP contribution in [-0.4, -0.2) is 47.6 Å². The van der Waals surface area contributed by atoms with Crippen molar-refractivity contribution >= 4 is 29.1 Å². The number of carbonyl (C=O) groups is 2. The van der Waals surface area contributed by atoms with E-state index in [4.69, 9.17) is 21.1 Å². The van der Waals surface area contributed by atoms with E-state index in [0.717, 1.165) is 11.1 Å². The average molecular weight is 472 g/mol. The lowest BCUT2D eigenvalue weighted by atomic mass is 9.94. The molecule has 7 heteroatoms. The van der Waals surface area contributed by atoms with E-state index in [2.05, 4.69) is 0 Å². The lowest BCUT2D eigenvalue weighted by Crippen LogP contribution is -2.31. The van der Waals surface area contributed by atoms with Gasteiger partial charge in [0, 0.05) is 18.7 Å². The summed E-state index contributed by atoms with van der Waals surface area (Å²) in [7, 11) is 0. The summed E-state index contributed by atoms with van der Waals surface area (Å²) < 4.78 is 11.1. The van der Waals surface area contributed by atoms with E-state index in [0.29, 0.717) is 42.5 Å². The molecule has 0 radical (unpaired) electrons. The number of likely N-dealkylation sites (tertiary alicyclic amines) is 1. The van der Waals surface area contributed by atoms with Crippen LogP contribution >= 0.6 is 11.6 Å². The largest absolute Gasteiger partial charge is 0.507 e. The molecule has 1 amide bonds. The first kappa shape index (κ1) is 24.8. The normalized spacial score (nSPS) is 17.8. The van der Waals surface area contributed by atoms with Crippen LogP contribution in [0.3, 0.4) is 0 Å². The number of hydrogen-bond acceptors (Lipinski definition) is 5. The van der Waals surface area contributed by atoms with Crippen LogP contribution < -0.4 is 4.74 Å². The van der Waals surface area contributed by atoms with Gasteiger partial charge in [0.25, 0.3) is 11.7 Å². The minimum atomic E-state index is -0.715. The molecule has 1 atom stereocenters. The third-order valence-corrected chi connectivity index (χ3v) is 5.73. The van der Waals surface area contributed by atoms with Crippen molar-refractivity contribution in [3.63, 3.8) is 0 Å². The number of rotatable bonds is 9. The number of amides is 1. The van der Waals surface area contributed by atoms with E-state index in [1.54, 1.807) is 12.1 Å². The van der Waals surface area contributed by atoms with E-state index in [1.807, 2.05) is 52.0 Å². The number of halogens is 1. The van der Waals surface area contributed by atoms with Gasteiger partial charge in [-0.15, -0.1) is 0 Å². The number of benzene rings is 2. The minimum absolute atomic E-state index is 0.0499. The number of aliphatic hydroxyl groups excluding tert-OH is 1. The van der Waals surface area contributed by atoms with Crippen LogP contribution in [-0.2, 0) is 14.3 Å². The first-order valence-corrected chi connectivity index (χ1v) is 11.5. The summed E-state index contributed by atoms with van der Waals surface area (Å²) in [6.07, 6.45) is 0.653. The molecule has 1 saturated heterocycles. The van der Waals surface area contributed by atoms with E-state index >= 15 is 0 Å². The van der Waals surface area contributed by atoms with Gasteiger partial charge in [-0.1, -0.05) is 41.4 Å². The second kappa shape index (κ2) is 10.9. The van der Waals surface area contributed by atoms with E-state index < -0.39 is 17.7 Å². The van der Waals surface area contributed by atoms with Crippen molar-refractivity contribution in [1.29, 1.82) is 0 Å². The summed E-state index contributed by atoms with van der Waals surface area (Å²) in [5.74, 6) is -1.13. The van der Waals surface area contributed by atoms with Gasteiger partial charge in [0.1, 0.15) is 11.5 Å². The maximum absolute atomic E-state index is 13.1. The number of carbonyl (C=O) groups excluding carboxylic acids is 2. The van der Waals surface area contributed by atoms with Gasteiger partial charge in [0.15, 0.2) is 0 Å². The second-order valence-electron chi connectivity index (χ2n) is 8.25. The molecule has 1 aliphatic rings. The van der Waals surface area contributed by atoms with Crippen LogP contribution in [0.15, 0.2) is 48.0 Å². The van der Waals surface area contributed by atoms with Crippen LogP contribution in [0, 0.1) is 6.92 Å². The van der Waals surface area contributed by atoms with Gasteiger partial charge in [-0.3, -0.25) is 9.59 Å². The Bertz CT molecular complexity index is 1050. The van der Waals surface area contributed by atoms with Crippen LogP contribution in [0.2, 0.25) is 5.02 Å². The van der Waals surface area contributed by atoms with Gasteiger partial charge < -0.3 is 19.5 Å². The van der Waals surface area contributed by atoms with Gasteiger partial charge in [0.05, 0.1) is 29.3 Å². The lowest BCUT2D eigenvalue weighted by molar-refractivity contribution is -0.140. The standard InChI is InChI=1S/C26H30ClNO5/c1-5-32-21-12-11-19(15-20(21)27)24(29)22-23(18-9-7-17(4)8-10-18)28(26(31)25(22)30)13-6-14-33-16(2)3/h7-12,15-16,23,29H,5-6,13-14H2,1-4H3. The number of aliphatic hydroxyl groups is 1. The maximum atomic E-state index is 13.1. The van der Waals surface area contributed by atoms with Crippen molar-refractivity contribution in [1.82, 2.24) is 4.90 Å². The summed E-state index contributed by atoms with van der Waals surface area (Å²) in [5, 5.41) is 11.5. The van der Waals surface area contributed by atoms with Crippen molar-refractivity contribution in [2.75, 3.05) is 19.8 Å². The molecule has 33 heavy (non-hydrogen) atoms. The molecule has 1 N–H and O–H groups in total. The highest BCUT2D eigenvalue weighted by Gasteiger charge is 2.45. The van der Waals surface area contributed by atoms with Gasteiger partial charge in [-0.2, -0.15) is 0 Å². The summed E-state index contributed by atoms with van der Waals surface area (Å²) in [6, 6.07) is 11.7. The molecule has 2 aromatic carbocycles. The van der Waals surface area contributed by atoms with Crippen LogP contribution in [0.4, 0.5) is 0 Å². The van der Waals surface area contributed by atoms with Crippen LogP contribution in [0.25, 0.3) is 5.76 Å². The molecule has 2 aromatic rings. The summed E-state index contributed by atoms with van der Waals surface area (Å²) in [4.78, 5) is 27.6. The smallest absolute Gasteiger partial charge is 0.295 e. The highest BCUT2D eigenvalue weighted by molar-refractivity contribution is 6.46. The molecule has 0 aliphatic carbocycles. The van der Waals surface area contributed by atoms with Gasteiger partial charge in [-0.25, -0.2) is 0 Å². The summed E-state index contributed by atoms with van der Waals surface area (Å²) in [6.45, 7) is 8.95. The Morgan fingerprint density at radius 2 is 1.85 bits per heavy atom. The van der Waals surface area contributed by atoms with E-state index in [9.17, 15) is 14.7 Å². The number of aryl methyl sites for hydroxylation is 1. The zero-order valence-corrected chi connectivity index (χ0v) is 20.2. The zero-order chi connectivity index (χ0) is 24.1. The Hall–Kier alpha value is -2.83. The predicted octanol–water partition coefficient (Wildman–Crippen LogP) is 5.28. The molecule has 176 valence electrons. The fourth-order valence-electron chi connectivity index (χ4n) is 3.84. The fourth-order valence-corrected chi connectivity index (χ4v) is 4.07. The third kappa shape index (κ3) is 5.57. The highest BCUT2D eigenvalue weighted by atomic mass is 35.5. The minimum Gasteiger partial charge on any atom is -0.507 e. The topological polar surface area (TPSA) is 76.1 Å². The first-order valence-electron chi connectivity index (χ1n) is 11.1. The number of ketones is 1. The maximum Gasteiger partial charge on any atom is 0.295 e. The Morgan fingerprint density at radius 1 is 1.15 bits per heavy atom. The number of hydrogen-bond donors (Lipinski definition) is 1. The average Bonchev–Trinajstić information content (AvgIpc) is 3.03. The van der Waals surface area contributed by atoms with Crippen LogP contribution in [0.1, 0.15) is 49.9 Å². The zero-order valence-electron chi connectivity index (χ0n) is 19.4. The van der Waals surface area contributed by atoms with Crippen LogP contribution in [0.5, 0.6) is 5.75 Å². The molecule has 0 aromatic heterocycles. The summed E-state index contributed by atoms with van der Waals surface area (Å²) >= 11 is 6.30. The predicted molar refractivity (Wildman–Crippen MR) is 129 cm³/mol. The Morgan fingerprint density at radius 3 is 2.45 bits per heavy atom. The molecule has 6 nitrogen and oxygen atoms in total. The molecule has 1 aliphatic heterocycles. The Kier molecular flexibility index (Phi) is 8.16. The number of ether oxygens (including phenoxy) is 2. The third-order valence-electron chi connectivity index (χ3n) is 5.43. The van der Waals surface area contributed by atoms with Crippen molar-refractivity contribution < 1.29 is 24.2 Å². The van der Waals surface area contributed by atoms with Crippen molar-refractivity contribution in [2.24, 2.45) is 0 Å². The highest BCUT2D eigenvalue weighted by Crippen LogP contribution is 2.40. The lowest BCUT2D eigenvalue weighted by Gasteiger charge is -2.25. The van der Waals surface area contributed by atoms with Gasteiger partial charge in [0.2, 0.25) is 0 Å². The number of Topliss-reactive ketones (excluding diaryl/α,β-unsaturated/α-hetero) is 1. The quantitative estimate of drug-likeness (QED) is 0.233. The first-order chi connectivity index (χ1) is 15.7. The molecular weight excluding hydrogens is 442 g/mol. The van der Waals surface area contributed by atoms with Crippen molar-refractivity contribution in [3.05, 3.63) is 69.8 Å². The number of nitrogens with zero attached hydrogens (tertiary/aromatic N) is 1. The summed E-state index contributed by atoms with van der Waals surface area (Å²) in [5.41, 5.74) is 2.21. The second-order valence-corrected chi connectivity index (χ2v) is 8.66. The molecule has 0 bridgehead atoms. The monoisotopic (exact) mass is 471 g/mol.